The Hall–Kier alpha value is -3.41. The highest BCUT2D eigenvalue weighted by Gasteiger charge is 2.50. The fraction of sp³-hybridized carbons (Fsp3) is 0.333. The van der Waals surface area contributed by atoms with E-state index < -0.39 is 27.6 Å². The van der Waals surface area contributed by atoms with E-state index in [9.17, 15) is 23.1 Å². The maximum absolute atomic E-state index is 12.7. The molecular weight excluding hydrogens is 579 g/mol. The second-order valence-electron chi connectivity index (χ2n) is 9.52. The summed E-state index contributed by atoms with van der Waals surface area (Å²) in [6, 6.07) is 6.99. The van der Waals surface area contributed by atoms with Crippen LogP contribution in [0.3, 0.4) is 0 Å². The Kier molecular flexibility index (Phi) is 8.04. The predicted octanol–water partition coefficient (Wildman–Crippen LogP) is 4.43. The number of carbonyl (C=O) groups is 2. The summed E-state index contributed by atoms with van der Waals surface area (Å²) >= 11 is 12.6. The van der Waals surface area contributed by atoms with Gasteiger partial charge in [0.25, 0.3) is 5.91 Å². The van der Waals surface area contributed by atoms with Crippen molar-refractivity contribution >= 4 is 62.2 Å². The summed E-state index contributed by atoms with van der Waals surface area (Å²) < 4.78 is 31.4. The molecule has 0 aliphatic carbocycles. The van der Waals surface area contributed by atoms with E-state index in [1.165, 1.54) is 6.08 Å². The Bertz CT molecular complexity index is 1560. The molecule has 2 aromatic carbocycles. The van der Waals surface area contributed by atoms with Crippen LogP contribution in [0.1, 0.15) is 25.0 Å². The second-order valence-corrected chi connectivity index (χ2v) is 12.1. The molecule has 4 rings (SSSR count). The lowest BCUT2D eigenvalue weighted by Gasteiger charge is -2.31. The normalized spacial score (nSPS) is 19.3. The van der Waals surface area contributed by atoms with E-state index in [2.05, 4.69) is 0 Å². The molecule has 10 nitrogen and oxygen atoms in total. The predicted molar refractivity (Wildman–Crippen MR) is 157 cm³/mol. The van der Waals surface area contributed by atoms with E-state index in [1.54, 1.807) is 34.1 Å². The summed E-state index contributed by atoms with van der Waals surface area (Å²) in [6.07, 6.45) is 5.53. The molecular formula is C27H30Cl2N4O6S. The first-order chi connectivity index (χ1) is 18.7. The van der Waals surface area contributed by atoms with Crippen molar-refractivity contribution in [2.45, 2.75) is 33.4 Å². The van der Waals surface area contributed by atoms with Crippen molar-refractivity contribution in [1.82, 2.24) is 4.72 Å². The number of aryl methyl sites for hydroxylation is 2. The number of nitrogens with one attached hydrogen (secondary N) is 1. The van der Waals surface area contributed by atoms with Crippen molar-refractivity contribution in [2.75, 3.05) is 40.6 Å². The molecule has 0 radical (unpaired) electrons. The van der Waals surface area contributed by atoms with Crippen LogP contribution in [0.5, 0.6) is 5.75 Å². The van der Waals surface area contributed by atoms with Crippen LogP contribution in [0.4, 0.5) is 17.1 Å². The van der Waals surface area contributed by atoms with Gasteiger partial charge >= 0.3 is 11.7 Å². The van der Waals surface area contributed by atoms with E-state index in [0.29, 0.717) is 46.7 Å². The van der Waals surface area contributed by atoms with Gasteiger partial charge in [0, 0.05) is 13.1 Å². The van der Waals surface area contributed by atoms with Crippen molar-refractivity contribution in [1.29, 1.82) is 0 Å². The van der Waals surface area contributed by atoms with Gasteiger partial charge in [0.05, 0.1) is 33.4 Å². The van der Waals surface area contributed by atoms with Crippen LogP contribution in [-0.4, -0.2) is 57.0 Å². The number of anilines is 3. The Morgan fingerprint density at radius 3 is 2.15 bits per heavy atom. The number of benzene rings is 2. The zero-order chi connectivity index (χ0) is 29.6. The molecule has 2 aliphatic heterocycles. The van der Waals surface area contributed by atoms with Crippen molar-refractivity contribution in [3.63, 3.8) is 0 Å². The highest BCUT2D eigenvalue weighted by atomic mass is 35.5. The fourth-order valence-corrected chi connectivity index (χ4v) is 5.70. The Balaban J connectivity index is 1.78. The molecule has 2 aliphatic rings. The largest absolute Gasteiger partial charge is 0.477 e. The molecule has 2 heterocycles. The number of carboxylic acids is 1. The summed E-state index contributed by atoms with van der Waals surface area (Å²) in [4.78, 5) is 30.4. The van der Waals surface area contributed by atoms with Gasteiger partial charge in [0.2, 0.25) is 10.0 Å². The quantitative estimate of drug-likeness (QED) is 0.448. The number of ether oxygens (including phenoxy) is 1. The third-order valence-corrected chi connectivity index (χ3v) is 8.11. The number of aliphatic carboxylic acids is 1. The van der Waals surface area contributed by atoms with Crippen molar-refractivity contribution < 1.29 is 27.9 Å². The maximum Gasteiger partial charge on any atom is 0.374 e. The molecule has 1 atom stereocenters. The number of carbonyl (C=O) groups excluding carboxylic acids is 1. The Morgan fingerprint density at radius 2 is 1.60 bits per heavy atom. The minimum atomic E-state index is -3.79. The van der Waals surface area contributed by atoms with Gasteiger partial charge in [-0.1, -0.05) is 29.3 Å². The number of halogens is 2. The molecule has 0 aromatic heterocycles. The molecule has 1 unspecified atom stereocenters. The standard InChI is InChI=1S/C27H30Cl2N4O6S/c1-6-31-20-13-18(28)19(29)14-21(20)32(15-24(34)30-40(5,37)38)25(31)9-8-10-27(26(35)36)33(7-2)22-11-16(3)17(4)12-23(22)39-27/h8-14H,6-7,15H2,1-5H3,(H,30,34)(H,35,36). The lowest BCUT2D eigenvalue weighted by molar-refractivity contribution is -0.149. The van der Waals surface area contributed by atoms with Crippen LogP contribution < -0.4 is 24.2 Å². The first-order valence-electron chi connectivity index (χ1n) is 12.5. The highest BCUT2D eigenvalue weighted by Crippen LogP contribution is 2.46. The SMILES string of the molecule is CCN1C(=CC=CC2(C(=O)O)Oc3cc(C)c(C)cc3N2CC)N(CC(=O)NS(C)(=O)=O)c2cc(Cl)c(Cl)cc21. The third-order valence-electron chi connectivity index (χ3n) is 6.79. The van der Waals surface area contributed by atoms with E-state index in [1.807, 2.05) is 49.4 Å². The van der Waals surface area contributed by atoms with Crippen LogP contribution in [0.25, 0.3) is 0 Å². The van der Waals surface area contributed by atoms with Crippen LogP contribution in [0, 0.1) is 13.8 Å². The molecule has 1 amide bonds. The summed E-state index contributed by atoms with van der Waals surface area (Å²) in [7, 11) is -3.79. The van der Waals surface area contributed by atoms with Crippen molar-refractivity contribution in [2.24, 2.45) is 0 Å². The molecule has 0 saturated heterocycles. The van der Waals surface area contributed by atoms with E-state index in [0.717, 1.165) is 17.4 Å². The fourth-order valence-electron chi connectivity index (χ4n) is 4.90. The van der Waals surface area contributed by atoms with Crippen LogP contribution in [0.15, 0.2) is 48.3 Å². The van der Waals surface area contributed by atoms with E-state index in [-0.39, 0.29) is 11.6 Å². The minimum Gasteiger partial charge on any atom is -0.477 e. The van der Waals surface area contributed by atoms with Gasteiger partial charge in [-0.25, -0.2) is 13.2 Å². The van der Waals surface area contributed by atoms with Gasteiger partial charge in [0.15, 0.2) is 0 Å². The average molecular weight is 610 g/mol. The smallest absolute Gasteiger partial charge is 0.374 e. The Labute approximate surface area is 243 Å². The molecule has 0 fully saturated rings. The van der Waals surface area contributed by atoms with E-state index in [4.69, 9.17) is 27.9 Å². The average Bonchev–Trinajstić information content (AvgIpc) is 3.30. The van der Waals surface area contributed by atoms with E-state index >= 15 is 0 Å². The van der Waals surface area contributed by atoms with Crippen molar-refractivity contribution in [3.05, 3.63) is 69.5 Å². The maximum atomic E-state index is 12.7. The number of amides is 1. The number of carboxylic acid groups (broad SMARTS) is 1. The van der Waals surface area contributed by atoms with Gasteiger partial charge in [-0.2, -0.15) is 0 Å². The summed E-state index contributed by atoms with van der Waals surface area (Å²) in [5.41, 5.74) is 2.06. The third kappa shape index (κ3) is 5.33. The zero-order valence-corrected chi connectivity index (χ0v) is 25.0. The van der Waals surface area contributed by atoms with Gasteiger partial charge in [-0.05, 0) is 75.2 Å². The molecule has 2 N–H and O–H groups in total. The first kappa shape index (κ1) is 29.6. The molecule has 0 spiro atoms. The number of hydrogen-bond donors (Lipinski definition) is 2. The van der Waals surface area contributed by atoms with Gasteiger partial charge in [-0.3, -0.25) is 9.52 Å². The van der Waals surface area contributed by atoms with Gasteiger partial charge in [0.1, 0.15) is 18.1 Å². The lowest BCUT2D eigenvalue weighted by atomic mass is 10.1. The number of nitrogens with zero attached hydrogens (tertiary/aromatic N) is 3. The van der Waals surface area contributed by atoms with Crippen molar-refractivity contribution in [3.8, 4) is 5.75 Å². The number of rotatable bonds is 8. The second kappa shape index (κ2) is 10.9. The van der Waals surface area contributed by atoms with Crippen LogP contribution >= 0.6 is 23.2 Å². The Morgan fingerprint density at radius 1 is 1.00 bits per heavy atom. The summed E-state index contributed by atoms with van der Waals surface area (Å²) in [5, 5.41) is 10.9. The van der Waals surface area contributed by atoms with Crippen LogP contribution in [0.2, 0.25) is 10.0 Å². The minimum absolute atomic E-state index is 0.257. The summed E-state index contributed by atoms with van der Waals surface area (Å²) in [5.74, 6) is -0.995. The topological polar surface area (TPSA) is 119 Å². The molecule has 214 valence electrons. The van der Waals surface area contributed by atoms with Gasteiger partial charge < -0.3 is 24.5 Å². The van der Waals surface area contributed by atoms with Crippen LogP contribution in [-0.2, 0) is 19.6 Å². The molecule has 0 saturated carbocycles. The summed E-state index contributed by atoms with van der Waals surface area (Å²) in [6.45, 7) is 8.10. The number of fused-ring (bicyclic) bond motifs is 2. The number of hydrogen-bond acceptors (Lipinski definition) is 8. The number of allylic oxidation sites excluding steroid dienone is 2. The lowest BCUT2D eigenvalue weighted by Crippen LogP contribution is -2.54. The number of likely N-dealkylation sites (N-methyl/N-ethyl adjacent to an activating group) is 1. The van der Waals surface area contributed by atoms with Gasteiger partial charge in [-0.15, -0.1) is 0 Å². The molecule has 13 heteroatoms. The molecule has 0 bridgehead atoms. The highest BCUT2D eigenvalue weighted by molar-refractivity contribution is 7.89. The molecule has 40 heavy (non-hydrogen) atoms. The first-order valence-corrected chi connectivity index (χ1v) is 15.1. The monoisotopic (exact) mass is 608 g/mol. The zero-order valence-electron chi connectivity index (χ0n) is 22.7. The molecule has 2 aromatic rings. The number of sulfonamides is 1.